The van der Waals surface area contributed by atoms with Crippen molar-refractivity contribution in [2.24, 2.45) is 11.7 Å². The number of carbonyl (C=O) groups excluding carboxylic acids is 1. The number of benzene rings is 1. The molecule has 3 heteroatoms. The third kappa shape index (κ3) is 2.43. The minimum absolute atomic E-state index is 0.256. The van der Waals surface area contributed by atoms with Gasteiger partial charge in [-0.3, -0.25) is 4.79 Å². The van der Waals surface area contributed by atoms with Gasteiger partial charge in [0.05, 0.1) is 0 Å². The molecular formula is C14H20N2O. The van der Waals surface area contributed by atoms with Crippen molar-refractivity contribution in [1.82, 2.24) is 0 Å². The van der Waals surface area contributed by atoms with E-state index in [-0.39, 0.29) is 5.91 Å². The summed E-state index contributed by atoms with van der Waals surface area (Å²) in [5.74, 6) is 0.0912. The molecule has 1 amide bonds. The monoisotopic (exact) mass is 232 g/mol. The van der Waals surface area contributed by atoms with Gasteiger partial charge in [-0.15, -0.1) is 0 Å². The zero-order valence-corrected chi connectivity index (χ0v) is 10.3. The molecule has 92 valence electrons. The van der Waals surface area contributed by atoms with Crippen molar-refractivity contribution in [3.05, 3.63) is 30.3 Å². The highest BCUT2D eigenvalue weighted by atomic mass is 16.1. The predicted molar refractivity (Wildman–Crippen MR) is 69.6 cm³/mol. The minimum Gasteiger partial charge on any atom is -0.371 e. The van der Waals surface area contributed by atoms with Crippen LogP contribution in [0.4, 0.5) is 5.69 Å². The molecule has 1 saturated carbocycles. The van der Waals surface area contributed by atoms with Crippen LogP contribution in [-0.2, 0) is 4.79 Å². The second-order valence-electron chi connectivity index (χ2n) is 5.04. The van der Waals surface area contributed by atoms with Crippen molar-refractivity contribution in [3.8, 4) is 0 Å². The fourth-order valence-electron chi connectivity index (χ4n) is 2.69. The van der Waals surface area contributed by atoms with Gasteiger partial charge >= 0.3 is 0 Å². The molecule has 0 saturated heterocycles. The van der Waals surface area contributed by atoms with Gasteiger partial charge in [-0.2, -0.15) is 0 Å². The van der Waals surface area contributed by atoms with Gasteiger partial charge in [0.2, 0.25) is 5.91 Å². The summed E-state index contributed by atoms with van der Waals surface area (Å²) in [5, 5.41) is 3.32. The van der Waals surface area contributed by atoms with Gasteiger partial charge in [0.15, 0.2) is 0 Å². The molecule has 1 atom stereocenters. The van der Waals surface area contributed by atoms with Crippen LogP contribution in [0.2, 0.25) is 0 Å². The van der Waals surface area contributed by atoms with Crippen LogP contribution >= 0.6 is 0 Å². The van der Waals surface area contributed by atoms with Crippen LogP contribution in [0.5, 0.6) is 0 Å². The highest BCUT2D eigenvalue weighted by Gasteiger charge is 2.40. The summed E-state index contributed by atoms with van der Waals surface area (Å²) in [6.45, 7) is 1.93. The first-order chi connectivity index (χ1) is 8.13. The topological polar surface area (TPSA) is 55.1 Å². The van der Waals surface area contributed by atoms with Crippen LogP contribution in [0.25, 0.3) is 0 Å². The maximum Gasteiger partial charge on any atom is 0.243 e. The Hall–Kier alpha value is -1.51. The third-order valence-electron chi connectivity index (χ3n) is 3.86. The fraction of sp³-hybridized carbons (Fsp3) is 0.500. The molecule has 0 bridgehead atoms. The average molecular weight is 232 g/mol. The van der Waals surface area contributed by atoms with E-state index in [1.54, 1.807) is 0 Å². The molecule has 1 aliphatic rings. The Balaban J connectivity index is 2.19. The zero-order valence-electron chi connectivity index (χ0n) is 10.3. The van der Waals surface area contributed by atoms with E-state index in [4.69, 9.17) is 5.73 Å². The Morgan fingerprint density at radius 3 is 2.41 bits per heavy atom. The predicted octanol–water partition coefficient (Wildman–Crippen LogP) is 2.53. The smallest absolute Gasteiger partial charge is 0.243 e. The molecule has 1 aromatic carbocycles. The largest absolute Gasteiger partial charge is 0.371 e. The molecule has 1 aromatic rings. The normalized spacial score (nSPS) is 19.8. The Kier molecular flexibility index (Phi) is 3.36. The summed E-state index contributed by atoms with van der Waals surface area (Å²) in [7, 11) is 0. The summed E-state index contributed by atoms with van der Waals surface area (Å²) < 4.78 is 0. The van der Waals surface area contributed by atoms with E-state index in [9.17, 15) is 4.79 Å². The molecule has 0 aliphatic heterocycles. The van der Waals surface area contributed by atoms with E-state index in [0.717, 1.165) is 18.5 Å². The summed E-state index contributed by atoms with van der Waals surface area (Å²) >= 11 is 0. The molecular weight excluding hydrogens is 212 g/mol. The lowest BCUT2D eigenvalue weighted by molar-refractivity contribution is -0.123. The standard InChI is InChI=1S/C14H20N2O/c1-14(13(15)17,11-7-5-6-8-11)16-12-9-3-2-4-10-12/h2-4,9-11,16H,5-8H2,1H3,(H2,15,17). The quantitative estimate of drug-likeness (QED) is 0.838. The number of nitrogens with two attached hydrogens (primary N) is 1. The lowest BCUT2D eigenvalue weighted by Crippen LogP contribution is -2.52. The first kappa shape index (κ1) is 12.0. The SMILES string of the molecule is CC(Nc1ccccc1)(C(N)=O)C1CCCC1. The van der Waals surface area contributed by atoms with Crippen LogP contribution in [0.3, 0.4) is 0 Å². The van der Waals surface area contributed by atoms with Crippen molar-refractivity contribution < 1.29 is 4.79 Å². The number of hydrogen-bond donors (Lipinski definition) is 2. The van der Waals surface area contributed by atoms with Crippen molar-refractivity contribution >= 4 is 11.6 Å². The van der Waals surface area contributed by atoms with E-state index in [1.807, 2.05) is 37.3 Å². The third-order valence-corrected chi connectivity index (χ3v) is 3.86. The van der Waals surface area contributed by atoms with Gasteiger partial charge < -0.3 is 11.1 Å². The second-order valence-corrected chi connectivity index (χ2v) is 5.04. The van der Waals surface area contributed by atoms with Crippen LogP contribution < -0.4 is 11.1 Å². The number of primary amides is 1. The molecule has 0 spiro atoms. The van der Waals surface area contributed by atoms with Crippen LogP contribution in [-0.4, -0.2) is 11.4 Å². The van der Waals surface area contributed by atoms with Crippen molar-refractivity contribution in [2.75, 3.05) is 5.32 Å². The van der Waals surface area contributed by atoms with Gasteiger partial charge in [-0.25, -0.2) is 0 Å². The van der Waals surface area contributed by atoms with Gasteiger partial charge in [-0.05, 0) is 37.8 Å². The average Bonchev–Trinajstić information content (AvgIpc) is 2.84. The Labute approximate surface area is 102 Å². The van der Waals surface area contributed by atoms with Gasteiger partial charge in [0, 0.05) is 5.69 Å². The Morgan fingerprint density at radius 2 is 1.88 bits per heavy atom. The molecule has 1 aliphatic carbocycles. The number of carbonyl (C=O) groups is 1. The van der Waals surface area contributed by atoms with E-state index >= 15 is 0 Å². The Morgan fingerprint density at radius 1 is 1.29 bits per heavy atom. The molecule has 1 unspecified atom stereocenters. The summed E-state index contributed by atoms with van der Waals surface area (Å²) in [5.41, 5.74) is 5.93. The van der Waals surface area contributed by atoms with E-state index in [1.165, 1.54) is 12.8 Å². The van der Waals surface area contributed by atoms with Crippen molar-refractivity contribution in [3.63, 3.8) is 0 Å². The van der Waals surface area contributed by atoms with Gasteiger partial charge in [0.25, 0.3) is 0 Å². The highest BCUT2D eigenvalue weighted by Crippen LogP contribution is 2.36. The first-order valence-corrected chi connectivity index (χ1v) is 6.26. The lowest BCUT2D eigenvalue weighted by Gasteiger charge is -2.34. The summed E-state index contributed by atoms with van der Waals surface area (Å²) in [6.07, 6.45) is 4.56. The van der Waals surface area contributed by atoms with Gasteiger partial charge in [0.1, 0.15) is 5.54 Å². The fourth-order valence-corrected chi connectivity index (χ4v) is 2.69. The van der Waals surface area contributed by atoms with Crippen LogP contribution in [0, 0.1) is 5.92 Å². The van der Waals surface area contributed by atoms with E-state index < -0.39 is 5.54 Å². The molecule has 17 heavy (non-hydrogen) atoms. The number of anilines is 1. The van der Waals surface area contributed by atoms with Crippen LogP contribution in [0.15, 0.2) is 30.3 Å². The van der Waals surface area contributed by atoms with E-state index in [2.05, 4.69) is 5.32 Å². The number of amides is 1. The highest BCUT2D eigenvalue weighted by molar-refractivity contribution is 5.88. The Bertz CT molecular complexity index is 384. The molecule has 3 N–H and O–H groups in total. The van der Waals surface area contributed by atoms with E-state index in [0.29, 0.717) is 5.92 Å². The number of para-hydroxylation sites is 1. The number of nitrogens with one attached hydrogen (secondary N) is 1. The van der Waals surface area contributed by atoms with Crippen LogP contribution in [0.1, 0.15) is 32.6 Å². The molecule has 2 rings (SSSR count). The first-order valence-electron chi connectivity index (χ1n) is 6.26. The van der Waals surface area contributed by atoms with Gasteiger partial charge in [-0.1, -0.05) is 31.0 Å². The van der Waals surface area contributed by atoms with Crippen molar-refractivity contribution in [2.45, 2.75) is 38.1 Å². The van der Waals surface area contributed by atoms with Crippen molar-refractivity contribution in [1.29, 1.82) is 0 Å². The lowest BCUT2D eigenvalue weighted by atomic mass is 9.83. The second kappa shape index (κ2) is 4.78. The molecule has 0 radical (unpaired) electrons. The molecule has 0 aromatic heterocycles. The summed E-state index contributed by atoms with van der Waals surface area (Å²) in [6, 6.07) is 9.81. The minimum atomic E-state index is -0.627. The number of hydrogen-bond acceptors (Lipinski definition) is 2. The molecule has 3 nitrogen and oxygen atoms in total. The zero-order chi connectivity index (χ0) is 12.3. The number of rotatable bonds is 4. The molecule has 1 fully saturated rings. The molecule has 0 heterocycles. The maximum atomic E-state index is 11.8. The maximum absolute atomic E-state index is 11.8. The summed E-state index contributed by atoms with van der Waals surface area (Å²) in [4.78, 5) is 11.8.